The summed E-state index contributed by atoms with van der Waals surface area (Å²) >= 11 is 0. The maximum absolute atomic E-state index is 10.4. The number of para-hydroxylation sites is 1. The van der Waals surface area contributed by atoms with E-state index in [-0.39, 0.29) is 30.6 Å². The molecule has 7 heteroatoms. The van der Waals surface area contributed by atoms with E-state index < -0.39 is 7.82 Å². The lowest BCUT2D eigenvalue weighted by atomic mass is 10.2. The summed E-state index contributed by atoms with van der Waals surface area (Å²) < 4.78 is 14.8. The largest absolute Gasteiger partial charge is 0.524 e. The van der Waals surface area contributed by atoms with Crippen molar-refractivity contribution in [3.05, 3.63) is 29.8 Å². The summed E-state index contributed by atoms with van der Waals surface area (Å²) in [5.41, 5.74) is 0.695. The smallest absolute Gasteiger partial charge is 0.404 e. The molecule has 0 fully saturated rings. The van der Waals surface area contributed by atoms with E-state index in [9.17, 15) is 4.57 Å². The molecule has 0 unspecified atom stereocenters. The molecule has 0 radical (unpaired) electrons. The quantitative estimate of drug-likeness (QED) is 0.801. The Labute approximate surface area is 94.4 Å². The lowest BCUT2D eigenvalue weighted by molar-refractivity contribution is 0.282. The lowest BCUT2D eigenvalue weighted by Crippen LogP contribution is -1.91. The molecule has 0 atom stereocenters. The van der Waals surface area contributed by atoms with Gasteiger partial charge in [0.25, 0.3) is 0 Å². The van der Waals surface area contributed by atoms with Crippen LogP contribution in [0.5, 0.6) is 5.75 Å². The summed E-state index contributed by atoms with van der Waals surface area (Å²) in [5, 5.41) is 0. The molecule has 1 rings (SSSR count). The number of rotatable bonds is 2. The van der Waals surface area contributed by atoms with Crippen LogP contribution in [0.3, 0.4) is 0 Å². The average molecular weight is 261 g/mol. The van der Waals surface area contributed by atoms with E-state index in [4.69, 9.17) is 9.79 Å². The zero-order chi connectivity index (χ0) is 9.19. The molecule has 0 heterocycles. The number of aryl methyl sites for hydroxylation is 1. The summed E-state index contributed by atoms with van der Waals surface area (Å²) in [6.07, 6.45) is 0. The number of hydrogen-bond acceptors (Lipinski definition) is 2. The van der Waals surface area contributed by atoms with Crippen LogP contribution in [0, 0.1) is 6.92 Å². The molecule has 82 valence electrons. The Balaban J connectivity index is 0. The predicted octanol–water partition coefficient (Wildman–Crippen LogP) is 2.31. The highest BCUT2D eigenvalue weighted by Crippen LogP contribution is 2.38. The van der Waals surface area contributed by atoms with Crippen LogP contribution in [-0.4, -0.2) is 9.79 Å². The Kier molecular flexibility index (Phi) is 7.26. The third-order valence-corrected chi connectivity index (χ3v) is 1.75. The van der Waals surface area contributed by atoms with Crippen molar-refractivity contribution in [2.45, 2.75) is 6.92 Å². The monoisotopic (exact) mass is 260 g/mol. The van der Waals surface area contributed by atoms with E-state index in [1.807, 2.05) is 0 Å². The maximum atomic E-state index is 10.4. The van der Waals surface area contributed by atoms with Crippen LogP contribution in [0.4, 0.5) is 0 Å². The molecule has 0 aliphatic heterocycles. The van der Waals surface area contributed by atoms with Gasteiger partial charge in [-0.05, 0) is 18.6 Å². The lowest BCUT2D eigenvalue weighted by Gasteiger charge is -2.08. The van der Waals surface area contributed by atoms with Gasteiger partial charge in [0.2, 0.25) is 0 Å². The molecule has 1 aromatic rings. The highest BCUT2D eigenvalue weighted by atomic mass is 35.5. The minimum atomic E-state index is -4.41. The average Bonchev–Trinajstić information content (AvgIpc) is 1.91. The molecule has 0 spiro atoms. The van der Waals surface area contributed by atoms with E-state index in [1.54, 1.807) is 25.1 Å². The van der Waals surface area contributed by atoms with Crippen LogP contribution in [0.2, 0.25) is 0 Å². The molecule has 0 aliphatic rings. The maximum Gasteiger partial charge on any atom is 0.524 e. The topological polar surface area (TPSA) is 66.8 Å². The molecule has 0 aromatic heterocycles. The summed E-state index contributed by atoms with van der Waals surface area (Å²) in [5.74, 6) is 0.214. The minimum absolute atomic E-state index is 0. The minimum Gasteiger partial charge on any atom is -0.404 e. The molecule has 0 bridgehead atoms. The van der Waals surface area contributed by atoms with Crippen LogP contribution in [0.1, 0.15) is 5.56 Å². The van der Waals surface area contributed by atoms with Gasteiger partial charge in [0.15, 0.2) is 0 Å². The standard InChI is InChI=1S/C7H9O4P.2ClH/c1-6-4-2-3-5-7(6)11-12(8,9)10;;/h2-5H,1H3,(H2,8,9,10);2*1H. The van der Waals surface area contributed by atoms with Gasteiger partial charge in [0.1, 0.15) is 5.75 Å². The van der Waals surface area contributed by atoms with Crippen LogP contribution in [0.25, 0.3) is 0 Å². The fourth-order valence-corrected chi connectivity index (χ4v) is 1.25. The first-order valence-electron chi connectivity index (χ1n) is 3.30. The number of benzene rings is 1. The zero-order valence-corrected chi connectivity index (χ0v) is 9.81. The molecule has 14 heavy (non-hydrogen) atoms. The van der Waals surface area contributed by atoms with Gasteiger partial charge >= 0.3 is 7.82 Å². The highest BCUT2D eigenvalue weighted by molar-refractivity contribution is 7.46. The number of phosphoric ester groups is 1. The van der Waals surface area contributed by atoms with E-state index >= 15 is 0 Å². The molecule has 0 amide bonds. The first-order valence-corrected chi connectivity index (χ1v) is 4.83. The van der Waals surface area contributed by atoms with E-state index in [0.717, 1.165) is 0 Å². The second-order valence-electron chi connectivity index (χ2n) is 2.35. The van der Waals surface area contributed by atoms with Crippen molar-refractivity contribution in [1.29, 1.82) is 0 Å². The Morgan fingerprint density at radius 1 is 1.21 bits per heavy atom. The Morgan fingerprint density at radius 3 is 2.14 bits per heavy atom. The second-order valence-corrected chi connectivity index (χ2v) is 3.51. The summed E-state index contributed by atoms with van der Waals surface area (Å²) in [4.78, 5) is 17.0. The number of halogens is 2. The summed E-state index contributed by atoms with van der Waals surface area (Å²) in [6, 6.07) is 6.64. The Bertz CT molecular complexity index is 325. The fraction of sp³-hybridized carbons (Fsp3) is 0.143. The molecule has 1 aromatic carbocycles. The van der Waals surface area contributed by atoms with Gasteiger partial charge in [-0.1, -0.05) is 18.2 Å². The molecule has 2 N–H and O–H groups in total. The number of phosphoric acid groups is 1. The van der Waals surface area contributed by atoms with Gasteiger partial charge in [0.05, 0.1) is 0 Å². The van der Waals surface area contributed by atoms with Crippen LogP contribution in [0.15, 0.2) is 24.3 Å². The van der Waals surface area contributed by atoms with E-state index in [1.165, 1.54) is 6.07 Å². The van der Waals surface area contributed by atoms with E-state index in [0.29, 0.717) is 5.56 Å². The summed E-state index contributed by atoms with van der Waals surface area (Å²) in [6.45, 7) is 1.71. The zero-order valence-electron chi connectivity index (χ0n) is 7.28. The van der Waals surface area contributed by atoms with Gasteiger partial charge < -0.3 is 4.52 Å². The molecular formula is C7H11Cl2O4P. The molecule has 0 aliphatic carbocycles. The Morgan fingerprint density at radius 2 is 1.71 bits per heavy atom. The van der Waals surface area contributed by atoms with Gasteiger partial charge in [0, 0.05) is 0 Å². The first-order chi connectivity index (χ1) is 5.49. The molecule has 0 saturated heterocycles. The third kappa shape index (κ3) is 5.47. The molecule has 0 saturated carbocycles. The SMILES string of the molecule is Cc1ccccc1OP(=O)(O)O.Cl.Cl. The van der Waals surface area contributed by atoms with Gasteiger partial charge in [-0.2, -0.15) is 0 Å². The van der Waals surface area contributed by atoms with Crippen LogP contribution in [-0.2, 0) is 4.57 Å². The van der Waals surface area contributed by atoms with Crippen molar-refractivity contribution in [2.75, 3.05) is 0 Å². The van der Waals surface area contributed by atoms with Gasteiger partial charge in [-0.15, -0.1) is 24.8 Å². The van der Waals surface area contributed by atoms with Crippen molar-refractivity contribution in [1.82, 2.24) is 0 Å². The van der Waals surface area contributed by atoms with E-state index in [2.05, 4.69) is 4.52 Å². The van der Waals surface area contributed by atoms with Crippen LogP contribution < -0.4 is 4.52 Å². The van der Waals surface area contributed by atoms with Gasteiger partial charge in [-0.25, -0.2) is 4.57 Å². The van der Waals surface area contributed by atoms with Crippen LogP contribution >= 0.6 is 32.6 Å². The molecule has 4 nitrogen and oxygen atoms in total. The van der Waals surface area contributed by atoms with Crippen molar-refractivity contribution in [3.8, 4) is 5.75 Å². The number of hydrogen-bond donors (Lipinski definition) is 2. The second kappa shape index (κ2) is 6.27. The van der Waals surface area contributed by atoms with Crippen molar-refractivity contribution in [3.63, 3.8) is 0 Å². The van der Waals surface area contributed by atoms with Crippen molar-refractivity contribution in [2.24, 2.45) is 0 Å². The van der Waals surface area contributed by atoms with Crippen molar-refractivity contribution >= 4 is 32.6 Å². The Hall–Kier alpha value is -0.250. The fourth-order valence-electron chi connectivity index (χ4n) is 0.787. The predicted molar refractivity (Wildman–Crippen MR) is 58.3 cm³/mol. The first kappa shape index (κ1) is 16.2. The van der Waals surface area contributed by atoms with Gasteiger partial charge in [-0.3, -0.25) is 9.79 Å². The van der Waals surface area contributed by atoms with Crippen molar-refractivity contribution < 1.29 is 18.9 Å². The normalized spacial score (nSPS) is 9.64. The highest BCUT2D eigenvalue weighted by Gasteiger charge is 2.16. The summed E-state index contributed by atoms with van der Waals surface area (Å²) in [7, 11) is -4.41. The molecular weight excluding hydrogens is 250 g/mol. The third-order valence-electron chi connectivity index (χ3n) is 1.31.